The zero-order valence-corrected chi connectivity index (χ0v) is 11.2. The molecule has 1 aromatic carbocycles. The van der Waals surface area contributed by atoms with E-state index in [1.165, 1.54) is 6.42 Å². The lowest BCUT2D eigenvalue weighted by atomic mass is 9.80. The zero-order chi connectivity index (χ0) is 14.5. The molecule has 4 nitrogen and oxygen atoms in total. The van der Waals surface area contributed by atoms with Crippen molar-refractivity contribution in [1.29, 1.82) is 0 Å². The van der Waals surface area contributed by atoms with Crippen LogP contribution in [-0.4, -0.2) is 22.2 Å². The van der Waals surface area contributed by atoms with Crippen LogP contribution in [0.5, 0.6) is 0 Å². The van der Waals surface area contributed by atoms with Crippen molar-refractivity contribution < 1.29 is 19.8 Å². The predicted octanol–water partition coefficient (Wildman–Crippen LogP) is 3.29. The maximum absolute atomic E-state index is 11.3. The van der Waals surface area contributed by atoms with Gasteiger partial charge in [0.15, 0.2) is 0 Å². The van der Waals surface area contributed by atoms with E-state index in [4.69, 9.17) is 5.11 Å². The number of rotatable bonds is 4. The standard InChI is InChI=1S/C16H18O4/c17-15(18)10-14(16(19)20)13-9-5-4-8-12(13)11-6-2-1-3-7-11/h4-5,8-11H,1-3,6-7H2,(H,17,18)(H,19,20)/b14-10-. The summed E-state index contributed by atoms with van der Waals surface area (Å²) in [6.45, 7) is 0. The zero-order valence-electron chi connectivity index (χ0n) is 11.2. The fourth-order valence-electron chi connectivity index (χ4n) is 2.89. The van der Waals surface area contributed by atoms with Gasteiger partial charge in [-0.15, -0.1) is 0 Å². The molecule has 20 heavy (non-hydrogen) atoms. The summed E-state index contributed by atoms with van der Waals surface area (Å²) in [6.07, 6.45) is 6.36. The molecule has 0 aromatic heterocycles. The van der Waals surface area contributed by atoms with Gasteiger partial charge in [-0.2, -0.15) is 0 Å². The fraction of sp³-hybridized carbons (Fsp3) is 0.375. The molecular formula is C16H18O4. The highest BCUT2D eigenvalue weighted by Gasteiger charge is 2.22. The summed E-state index contributed by atoms with van der Waals surface area (Å²) in [4.78, 5) is 22.2. The Morgan fingerprint density at radius 1 is 1.05 bits per heavy atom. The van der Waals surface area contributed by atoms with E-state index in [9.17, 15) is 14.7 Å². The molecule has 1 aliphatic rings. The van der Waals surface area contributed by atoms with Crippen LogP contribution in [0.2, 0.25) is 0 Å². The minimum Gasteiger partial charge on any atom is -0.478 e. The Labute approximate surface area is 117 Å². The van der Waals surface area contributed by atoms with Crippen LogP contribution in [0.15, 0.2) is 30.3 Å². The van der Waals surface area contributed by atoms with E-state index in [0.717, 1.165) is 37.3 Å². The Morgan fingerprint density at radius 2 is 1.70 bits per heavy atom. The second-order valence-electron chi connectivity index (χ2n) is 5.12. The highest BCUT2D eigenvalue weighted by atomic mass is 16.4. The van der Waals surface area contributed by atoms with Gasteiger partial charge in [-0.3, -0.25) is 0 Å². The van der Waals surface area contributed by atoms with Crippen molar-refractivity contribution in [3.8, 4) is 0 Å². The van der Waals surface area contributed by atoms with Crippen LogP contribution in [0.3, 0.4) is 0 Å². The van der Waals surface area contributed by atoms with Crippen LogP contribution in [0.1, 0.15) is 49.1 Å². The minimum atomic E-state index is -1.24. The van der Waals surface area contributed by atoms with Gasteiger partial charge in [0.2, 0.25) is 0 Å². The van der Waals surface area contributed by atoms with Crippen LogP contribution in [0.25, 0.3) is 5.57 Å². The third-order valence-electron chi connectivity index (χ3n) is 3.79. The van der Waals surface area contributed by atoms with Crippen LogP contribution in [-0.2, 0) is 9.59 Å². The lowest BCUT2D eigenvalue weighted by molar-refractivity contribution is -0.133. The number of benzene rings is 1. The van der Waals surface area contributed by atoms with Gasteiger partial charge in [0.05, 0.1) is 5.57 Å². The quantitative estimate of drug-likeness (QED) is 0.826. The van der Waals surface area contributed by atoms with Crippen molar-refractivity contribution >= 4 is 17.5 Å². The molecule has 2 rings (SSSR count). The van der Waals surface area contributed by atoms with E-state index in [1.54, 1.807) is 12.1 Å². The molecule has 2 N–H and O–H groups in total. The molecule has 106 valence electrons. The van der Waals surface area contributed by atoms with E-state index in [2.05, 4.69) is 0 Å². The largest absolute Gasteiger partial charge is 0.478 e. The Morgan fingerprint density at radius 3 is 2.30 bits per heavy atom. The molecule has 0 amide bonds. The molecule has 1 aliphatic carbocycles. The normalized spacial score (nSPS) is 16.9. The third-order valence-corrected chi connectivity index (χ3v) is 3.79. The molecule has 0 spiro atoms. The summed E-state index contributed by atoms with van der Waals surface area (Å²) in [7, 11) is 0. The first-order valence-electron chi connectivity index (χ1n) is 6.87. The number of carboxylic acid groups (broad SMARTS) is 2. The Hall–Kier alpha value is -2.10. The van der Waals surface area contributed by atoms with E-state index >= 15 is 0 Å². The third kappa shape index (κ3) is 3.26. The molecule has 0 unspecified atom stereocenters. The molecule has 4 heteroatoms. The van der Waals surface area contributed by atoms with Gasteiger partial charge in [0, 0.05) is 6.08 Å². The summed E-state index contributed by atoms with van der Waals surface area (Å²) < 4.78 is 0. The average Bonchev–Trinajstić information content (AvgIpc) is 2.45. The van der Waals surface area contributed by atoms with E-state index in [-0.39, 0.29) is 5.57 Å². The van der Waals surface area contributed by atoms with Crippen LogP contribution in [0.4, 0.5) is 0 Å². The summed E-state index contributed by atoms with van der Waals surface area (Å²) in [5.74, 6) is -2.10. The molecule has 0 bridgehead atoms. The molecule has 1 saturated carbocycles. The lowest BCUT2D eigenvalue weighted by Gasteiger charge is -2.24. The predicted molar refractivity (Wildman–Crippen MR) is 75.5 cm³/mol. The smallest absolute Gasteiger partial charge is 0.336 e. The monoisotopic (exact) mass is 274 g/mol. The van der Waals surface area contributed by atoms with Gasteiger partial charge < -0.3 is 10.2 Å². The van der Waals surface area contributed by atoms with Crippen molar-refractivity contribution in [2.24, 2.45) is 0 Å². The number of hydrogen-bond acceptors (Lipinski definition) is 2. The van der Waals surface area contributed by atoms with Gasteiger partial charge in [-0.25, -0.2) is 9.59 Å². The van der Waals surface area contributed by atoms with Crippen LogP contribution in [0, 0.1) is 0 Å². The summed E-state index contributed by atoms with van der Waals surface area (Å²) >= 11 is 0. The first-order valence-corrected chi connectivity index (χ1v) is 6.87. The van der Waals surface area contributed by atoms with Gasteiger partial charge in [-0.05, 0) is 29.9 Å². The summed E-state index contributed by atoms with van der Waals surface area (Å²) in [6, 6.07) is 7.25. The molecule has 0 heterocycles. The van der Waals surface area contributed by atoms with Gasteiger partial charge in [0.25, 0.3) is 0 Å². The Kier molecular flexibility index (Phi) is 4.56. The van der Waals surface area contributed by atoms with E-state index < -0.39 is 11.9 Å². The summed E-state index contributed by atoms with van der Waals surface area (Å²) in [5, 5.41) is 18.1. The number of aliphatic carboxylic acids is 2. The second-order valence-corrected chi connectivity index (χ2v) is 5.12. The summed E-state index contributed by atoms with van der Waals surface area (Å²) in [5.41, 5.74) is 1.36. The number of carboxylic acids is 2. The van der Waals surface area contributed by atoms with Crippen molar-refractivity contribution in [2.45, 2.75) is 38.0 Å². The van der Waals surface area contributed by atoms with Gasteiger partial charge in [-0.1, -0.05) is 43.5 Å². The Balaban J connectivity index is 2.44. The number of carbonyl (C=O) groups is 2. The minimum absolute atomic E-state index is 0.140. The fourth-order valence-corrected chi connectivity index (χ4v) is 2.89. The molecule has 0 aliphatic heterocycles. The molecule has 0 saturated heterocycles. The molecule has 1 fully saturated rings. The maximum Gasteiger partial charge on any atom is 0.336 e. The lowest BCUT2D eigenvalue weighted by Crippen LogP contribution is -2.10. The first kappa shape index (κ1) is 14.3. The molecular weight excluding hydrogens is 256 g/mol. The van der Waals surface area contributed by atoms with Crippen molar-refractivity contribution in [2.75, 3.05) is 0 Å². The average molecular weight is 274 g/mol. The molecule has 0 radical (unpaired) electrons. The maximum atomic E-state index is 11.3. The van der Waals surface area contributed by atoms with E-state index in [0.29, 0.717) is 11.5 Å². The Bertz CT molecular complexity index is 539. The van der Waals surface area contributed by atoms with Crippen LogP contribution >= 0.6 is 0 Å². The highest BCUT2D eigenvalue weighted by Crippen LogP contribution is 2.36. The van der Waals surface area contributed by atoms with Crippen molar-refractivity contribution in [1.82, 2.24) is 0 Å². The SMILES string of the molecule is O=C(O)/C=C(\C(=O)O)c1ccccc1C1CCCCC1. The van der Waals surface area contributed by atoms with Gasteiger partial charge >= 0.3 is 11.9 Å². The first-order chi connectivity index (χ1) is 9.59. The van der Waals surface area contributed by atoms with Gasteiger partial charge in [0.1, 0.15) is 0 Å². The topological polar surface area (TPSA) is 74.6 Å². The van der Waals surface area contributed by atoms with Crippen LogP contribution < -0.4 is 0 Å². The number of hydrogen-bond donors (Lipinski definition) is 2. The highest BCUT2D eigenvalue weighted by molar-refractivity contribution is 6.19. The molecule has 0 atom stereocenters. The van der Waals surface area contributed by atoms with Crippen molar-refractivity contribution in [3.05, 3.63) is 41.5 Å². The second kappa shape index (κ2) is 6.37. The van der Waals surface area contributed by atoms with Crippen molar-refractivity contribution in [3.63, 3.8) is 0 Å². The van der Waals surface area contributed by atoms with E-state index in [1.807, 2.05) is 12.1 Å². The molecule has 1 aromatic rings.